The van der Waals surface area contributed by atoms with Gasteiger partial charge in [0.15, 0.2) is 5.82 Å². The second-order valence-electron chi connectivity index (χ2n) is 8.18. The summed E-state index contributed by atoms with van der Waals surface area (Å²) in [6.45, 7) is 2.22. The first-order valence-corrected chi connectivity index (χ1v) is 11.3. The molecule has 0 aliphatic carbocycles. The molecule has 1 N–H and O–H groups in total. The molecule has 5 rings (SSSR count). The Morgan fingerprint density at radius 2 is 1.84 bits per heavy atom. The summed E-state index contributed by atoms with van der Waals surface area (Å²) in [5.41, 5.74) is -1.89. The number of benzene rings is 1. The Morgan fingerprint density at radius 1 is 1.08 bits per heavy atom. The average Bonchev–Trinajstić information content (AvgIpc) is 3.26. The lowest BCUT2D eigenvalue weighted by Crippen LogP contribution is -2.38. The normalized spacial score (nSPS) is 13.4. The molecule has 1 aliphatic rings. The van der Waals surface area contributed by atoms with Gasteiger partial charge in [-0.05, 0) is 18.6 Å². The molecule has 1 fully saturated rings. The van der Waals surface area contributed by atoms with Crippen molar-refractivity contribution in [3.8, 4) is 11.3 Å². The minimum absolute atomic E-state index is 0.306. The minimum atomic E-state index is -4.88. The minimum Gasteiger partial charge on any atom is -0.341 e. The number of nitrogens with zero attached hydrogens (tertiary/aromatic N) is 7. The van der Waals surface area contributed by atoms with Gasteiger partial charge in [-0.2, -0.15) is 18.3 Å². The van der Waals surface area contributed by atoms with Gasteiger partial charge in [-0.1, -0.05) is 11.6 Å². The lowest BCUT2D eigenvalue weighted by molar-refractivity contribution is -0.137. The van der Waals surface area contributed by atoms with Gasteiger partial charge in [0.2, 0.25) is 5.95 Å². The van der Waals surface area contributed by atoms with Crippen LogP contribution >= 0.6 is 11.6 Å². The number of nitrogens with one attached hydrogen (secondary N) is 1. The summed E-state index contributed by atoms with van der Waals surface area (Å²) in [5, 5.41) is 6.21. The molecule has 0 spiro atoms. The van der Waals surface area contributed by atoms with Gasteiger partial charge in [0.05, 0.1) is 52.7 Å². The van der Waals surface area contributed by atoms with E-state index >= 15 is 0 Å². The van der Waals surface area contributed by atoms with Gasteiger partial charge in [-0.15, -0.1) is 0 Å². The van der Waals surface area contributed by atoms with Crippen molar-refractivity contribution >= 4 is 29.1 Å². The monoisotopic (exact) mass is 532 g/mol. The van der Waals surface area contributed by atoms with Gasteiger partial charge < -0.3 is 10.2 Å². The highest BCUT2D eigenvalue weighted by molar-refractivity contribution is 6.31. The number of anilines is 2. The van der Waals surface area contributed by atoms with Crippen molar-refractivity contribution in [1.29, 1.82) is 0 Å². The van der Waals surface area contributed by atoms with Gasteiger partial charge in [-0.3, -0.25) is 14.5 Å². The fourth-order valence-electron chi connectivity index (χ4n) is 3.64. The predicted molar refractivity (Wildman–Crippen MR) is 126 cm³/mol. The molecule has 0 atom stereocenters. The lowest BCUT2D eigenvalue weighted by Gasteiger charge is -2.30. The molecule has 4 aromatic rings. The summed E-state index contributed by atoms with van der Waals surface area (Å²) in [5.74, 6) is -1.41. The fourth-order valence-corrected chi connectivity index (χ4v) is 3.80. The first-order chi connectivity index (χ1) is 17.7. The molecule has 14 heteroatoms. The van der Waals surface area contributed by atoms with E-state index in [1.165, 1.54) is 6.20 Å². The zero-order chi connectivity index (χ0) is 26.2. The zero-order valence-corrected chi connectivity index (χ0v) is 19.6. The number of carbonyl (C=O) groups is 1. The van der Waals surface area contributed by atoms with Crippen LogP contribution in [0.5, 0.6) is 0 Å². The van der Waals surface area contributed by atoms with Crippen LogP contribution in [-0.2, 0) is 12.7 Å². The van der Waals surface area contributed by atoms with E-state index in [1.807, 2.05) is 0 Å². The van der Waals surface area contributed by atoms with E-state index < -0.39 is 39.7 Å². The number of amides is 1. The smallest absolute Gasteiger partial charge is 0.341 e. The first kappa shape index (κ1) is 24.6. The van der Waals surface area contributed by atoms with Crippen LogP contribution in [0, 0.1) is 5.82 Å². The molecule has 0 unspecified atom stereocenters. The molecule has 1 amide bonds. The first-order valence-electron chi connectivity index (χ1n) is 11.0. The zero-order valence-electron chi connectivity index (χ0n) is 18.9. The standard InChI is InChI=1S/C23H17ClF4N8O/c24-16-3-2-15(23(26,27)28)19(20(16)25)17-9-29-10-18(34-17)21(37)33-14-8-32-36(12-14)11-13-6-30-22(31-7-13)35-4-1-5-35/h2-3,6-10,12H,1,4-5,11H2,(H,33,37). The van der Waals surface area contributed by atoms with Crippen LogP contribution in [0.25, 0.3) is 11.3 Å². The fraction of sp³-hybridized carbons (Fsp3) is 0.217. The van der Waals surface area contributed by atoms with Crippen molar-refractivity contribution in [1.82, 2.24) is 29.7 Å². The average molecular weight is 533 g/mol. The van der Waals surface area contributed by atoms with Gasteiger partial charge >= 0.3 is 6.18 Å². The molecule has 0 saturated carbocycles. The van der Waals surface area contributed by atoms with Crippen LogP contribution in [0.3, 0.4) is 0 Å². The van der Waals surface area contributed by atoms with Crippen LogP contribution in [0.4, 0.5) is 29.2 Å². The summed E-state index contributed by atoms with van der Waals surface area (Å²) in [6, 6.07) is 1.45. The maximum Gasteiger partial charge on any atom is 0.417 e. The number of aromatic nitrogens is 6. The highest BCUT2D eigenvalue weighted by Crippen LogP contribution is 2.39. The van der Waals surface area contributed by atoms with Crippen molar-refractivity contribution < 1.29 is 22.4 Å². The molecule has 0 radical (unpaired) electrons. The van der Waals surface area contributed by atoms with Crippen molar-refractivity contribution in [2.75, 3.05) is 23.3 Å². The van der Waals surface area contributed by atoms with E-state index in [-0.39, 0.29) is 5.69 Å². The van der Waals surface area contributed by atoms with E-state index in [0.717, 1.165) is 43.5 Å². The molecule has 37 heavy (non-hydrogen) atoms. The van der Waals surface area contributed by atoms with Gasteiger partial charge in [0.25, 0.3) is 5.91 Å². The third kappa shape index (κ3) is 5.21. The number of halogens is 5. The van der Waals surface area contributed by atoms with Crippen molar-refractivity contribution in [3.63, 3.8) is 0 Å². The summed E-state index contributed by atoms with van der Waals surface area (Å²) in [6.07, 6.45) is 4.56. The van der Waals surface area contributed by atoms with E-state index in [0.29, 0.717) is 24.2 Å². The highest BCUT2D eigenvalue weighted by atomic mass is 35.5. The number of carbonyl (C=O) groups excluding carboxylic acids is 1. The number of hydrogen-bond donors (Lipinski definition) is 1. The summed E-state index contributed by atoms with van der Waals surface area (Å²) >= 11 is 5.70. The van der Waals surface area contributed by atoms with E-state index in [2.05, 4.69) is 35.3 Å². The maximum absolute atomic E-state index is 14.6. The number of alkyl halides is 3. The predicted octanol–water partition coefficient (Wildman–Crippen LogP) is 4.45. The van der Waals surface area contributed by atoms with Crippen LogP contribution < -0.4 is 10.2 Å². The molecule has 9 nitrogen and oxygen atoms in total. The maximum atomic E-state index is 14.6. The second kappa shape index (κ2) is 9.73. The molecular weight excluding hydrogens is 516 g/mol. The van der Waals surface area contributed by atoms with Gasteiger partial charge in [-0.25, -0.2) is 19.3 Å². The van der Waals surface area contributed by atoms with Crippen molar-refractivity contribution in [3.05, 3.63) is 77.0 Å². The van der Waals surface area contributed by atoms with Crippen molar-refractivity contribution in [2.24, 2.45) is 0 Å². The van der Waals surface area contributed by atoms with E-state index in [4.69, 9.17) is 11.6 Å². The van der Waals surface area contributed by atoms with Crippen LogP contribution in [0.15, 0.2) is 49.3 Å². The second-order valence-corrected chi connectivity index (χ2v) is 8.59. The SMILES string of the molecule is O=C(Nc1cnn(Cc2cnc(N3CCC3)nc2)c1)c1cncc(-c2c(C(F)(F)F)ccc(Cl)c2F)n1. The van der Waals surface area contributed by atoms with Crippen LogP contribution in [0.2, 0.25) is 5.02 Å². The Kier molecular flexibility index (Phi) is 6.46. The Balaban J connectivity index is 1.31. The lowest BCUT2D eigenvalue weighted by atomic mass is 10.0. The molecule has 1 aliphatic heterocycles. The van der Waals surface area contributed by atoms with E-state index in [1.54, 1.807) is 23.3 Å². The highest BCUT2D eigenvalue weighted by Gasteiger charge is 2.36. The molecule has 4 heterocycles. The molecule has 190 valence electrons. The van der Waals surface area contributed by atoms with Gasteiger partial charge in [0, 0.05) is 37.2 Å². The largest absolute Gasteiger partial charge is 0.417 e. The number of hydrogen-bond acceptors (Lipinski definition) is 7. The Hall–Kier alpha value is -4.13. The Morgan fingerprint density at radius 3 is 2.51 bits per heavy atom. The Labute approximate surface area is 212 Å². The van der Waals surface area contributed by atoms with Crippen molar-refractivity contribution in [2.45, 2.75) is 19.1 Å². The summed E-state index contributed by atoms with van der Waals surface area (Å²) < 4.78 is 56.6. The number of rotatable bonds is 6. The molecule has 1 aromatic carbocycles. The summed E-state index contributed by atoms with van der Waals surface area (Å²) in [7, 11) is 0. The summed E-state index contributed by atoms with van der Waals surface area (Å²) in [4.78, 5) is 31.1. The third-order valence-electron chi connectivity index (χ3n) is 5.59. The molecule has 3 aromatic heterocycles. The van der Waals surface area contributed by atoms with E-state index in [9.17, 15) is 22.4 Å². The van der Waals surface area contributed by atoms with Crippen LogP contribution in [0.1, 0.15) is 28.0 Å². The molecule has 1 saturated heterocycles. The van der Waals surface area contributed by atoms with Gasteiger partial charge in [0.1, 0.15) is 5.69 Å². The Bertz CT molecular complexity index is 1450. The quantitative estimate of drug-likeness (QED) is 0.366. The third-order valence-corrected chi connectivity index (χ3v) is 5.88. The van der Waals surface area contributed by atoms with Crippen LogP contribution in [-0.4, -0.2) is 48.7 Å². The topological polar surface area (TPSA) is 102 Å². The molecule has 0 bridgehead atoms. The molecular formula is C23H17ClF4N8O.